The van der Waals surface area contributed by atoms with Crippen molar-refractivity contribution in [3.8, 4) is 6.07 Å². The van der Waals surface area contributed by atoms with E-state index in [4.69, 9.17) is 4.74 Å². The van der Waals surface area contributed by atoms with Crippen LogP contribution in [0.15, 0.2) is 0 Å². The number of nitrogens with one attached hydrogen (secondary N) is 1. The Bertz CT molecular complexity index is 544. The van der Waals surface area contributed by atoms with Crippen molar-refractivity contribution >= 4 is 5.82 Å². The molecule has 22 heavy (non-hydrogen) atoms. The van der Waals surface area contributed by atoms with Crippen LogP contribution in [0.3, 0.4) is 0 Å². The van der Waals surface area contributed by atoms with Crippen LogP contribution in [-0.2, 0) is 4.74 Å². The van der Waals surface area contributed by atoms with E-state index in [1.54, 1.807) is 0 Å². The van der Waals surface area contributed by atoms with Crippen molar-refractivity contribution in [3.63, 3.8) is 0 Å². The number of nitriles is 1. The zero-order valence-electron chi connectivity index (χ0n) is 13.9. The number of anilines is 1. The average Bonchev–Trinajstić information content (AvgIpc) is 2.46. The molecule has 120 valence electrons. The molecule has 1 N–H and O–H groups in total. The third kappa shape index (κ3) is 4.15. The zero-order chi connectivity index (χ0) is 16.1. The molecule has 6 nitrogen and oxygen atoms in total. The van der Waals surface area contributed by atoms with Gasteiger partial charge in [-0.2, -0.15) is 10.4 Å². The van der Waals surface area contributed by atoms with Crippen LogP contribution in [0.2, 0.25) is 0 Å². The first kappa shape index (κ1) is 16.7. The van der Waals surface area contributed by atoms with E-state index in [-0.39, 0.29) is 0 Å². The lowest BCUT2D eigenvalue weighted by Gasteiger charge is -2.35. The molecule has 0 bridgehead atoms. The summed E-state index contributed by atoms with van der Waals surface area (Å²) in [4.78, 5) is 2.43. The Labute approximate surface area is 132 Å². The van der Waals surface area contributed by atoms with Crippen molar-refractivity contribution in [3.05, 3.63) is 16.8 Å². The van der Waals surface area contributed by atoms with Gasteiger partial charge in [-0.05, 0) is 39.7 Å². The van der Waals surface area contributed by atoms with Crippen LogP contribution in [0.25, 0.3) is 0 Å². The Hall–Kier alpha value is -1.71. The van der Waals surface area contributed by atoms with Gasteiger partial charge in [-0.25, -0.2) is 0 Å². The molecule has 2 rings (SSSR count). The van der Waals surface area contributed by atoms with E-state index in [2.05, 4.69) is 40.3 Å². The SMILES string of the molecule is Cc1nnc(NCCCN2C[C@@H](C)O[C@H](C)C2)c(C#N)c1C. The molecule has 1 aromatic heterocycles. The second-order valence-corrected chi connectivity index (χ2v) is 6.04. The third-order valence-electron chi connectivity index (χ3n) is 4.01. The maximum absolute atomic E-state index is 9.26. The van der Waals surface area contributed by atoms with Crippen LogP contribution in [-0.4, -0.2) is 53.5 Å². The van der Waals surface area contributed by atoms with E-state index in [9.17, 15) is 5.26 Å². The van der Waals surface area contributed by atoms with Crippen LogP contribution in [0.1, 0.15) is 37.1 Å². The lowest BCUT2D eigenvalue weighted by atomic mass is 10.1. The van der Waals surface area contributed by atoms with E-state index < -0.39 is 0 Å². The quantitative estimate of drug-likeness (QED) is 0.837. The van der Waals surface area contributed by atoms with Gasteiger partial charge in [0.05, 0.1) is 17.9 Å². The number of aromatic nitrogens is 2. The van der Waals surface area contributed by atoms with Gasteiger partial charge in [0, 0.05) is 26.2 Å². The van der Waals surface area contributed by atoms with Gasteiger partial charge in [0.2, 0.25) is 0 Å². The molecule has 0 aliphatic carbocycles. The number of rotatable bonds is 5. The topological polar surface area (TPSA) is 74.1 Å². The van der Waals surface area contributed by atoms with E-state index in [1.807, 2.05) is 13.8 Å². The number of hydrogen-bond donors (Lipinski definition) is 1. The molecule has 1 saturated heterocycles. The molecule has 6 heteroatoms. The molecule has 2 heterocycles. The summed E-state index contributed by atoms with van der Waals surface area (Å²) in [7, 11) is 0. The molecule has 0 saturated carbocycles. The van der Waals surface area contributed by atoms with Crippen molar-refractivity contribution in [1.29, 1.82) is 5.26 Å². The van der Waals surface area contributed by atoms with Gasteiger partial charge in [-0.3, -0.25) is 4.90 Å². The Morgan fingerprint density at radius 2 is 1.95 bits per heavy atom. The first-order chi connectivity index (χ1) is 10.5. The molecule has 0 spiro atoms. The summed E-state index contributed by atoms with van der Waals surface area (Å²) >= 11 is 0. The van der Waals surface area contributed by atoms with Gasteiger partial charge < -0.3 is 10.1 Å². The number of nitrogens with zero attached hydrogens (tertiary/aromatic N) is 4. The molecule has 0 unspecified atom stereocenters. The molecule has 0 amide bonds. The minimum atomic E-state index is 0.299. The van der Waals surface area contributed by atoms with Crippen molar-refractivity contribution in [2.75, 3.05) is 31.5 Å². The van der Waals surface area contributed by atoms with Gasteiger partial charge in [0.15, 0.2) is 5.82 Å². The molecule has 1 aromatic rings. The summed E-state index contributed by atoms with van der Waals surface area (Å²) in [5, 5.41) is 20.7. The smallest absolute Gasteiger partial charge is 0.166 e. The first-order valence-corrected chi connectivity index (χ1v) is 7.87. The van der Waals surface area contributed by atoms with Gasteiger partial charge in [-0.1, -0.05) is 0 Å². The van der Waals surface area contributed by atoms with Gasteiger partial charge in [-0.15, -0.1) is 5.10 Å². The number of ether oxygens (including phenoxy) is 1. The van der Waals surface area contributed by atoms with Gasteiger partial charge in [0.1, 0.15) is 11.6 Å². The largest absolute Gasteiger partial charge is 0.373 e. The molecule has 1 aliphatic rings. The average molecular weight is 303 g/mol. The first-order valence-electron chi connectivity index (χ1n) is 7.87. The maximum Gasteiger partial charge on any atom is 0.166 e. The Morgan fingerprint density at radius 1 is 1.27 bits per heavy atom. The fourth-order valence-electron chi connectivity index (χ4n) is 2.85. The van der Waals surface area contributed by atoms with Crippen LogP contribution in [0.4, 0.5) is 5.82 Å². The highest BCUT2D eigenvalue weighted by atomic mass is 16.5. The highest BCUT2D eigenvalue weighted by Crippen LogP contribution is 2.17. The summed E-state index contributed by atoms with van der Waals surface area (Å²) in [5.74, 6) is 0.592. The van der Waals surface area contributed by atoms with E-state index in [0.717, 1.165) is 43.9 Å². The van der Waals surface area contributed by atoms with Gasteiger partial charge in [0.25, 0.3) is 0 Å². The van der Waals surface area contributed by atoms with Crippen LogP contribution in [0, 0.1) is 25.2 Å². The predicted octanol–water partition coefficient (Wildman–Crippen LogP) is 1.88. The Balaban J connectivity index is 1.82. The lowest BCUT2D eigenvalue weighted by molar-refractivity contribution is -0.0678. The molecule has 1 aliphatic heterocycles. The van der Waals surface area contributed by atoms with E-state index >= 15 is 0 Å². The molecule has 1 fully saturated rings. The monoisotopic (exact) mass is 303 g/mol. The van der Waals surface area contributed by atoms with E-state index in [1.165, 1.54) is 0 Å². The normalized spacial score (nSPS) is 22.3. The van der Waals surface area contributed by atoms with Crippen LogP contribution >= 0.6 is 0 Å². The number of aryl methyl sites for hydroxylation is 1. The summed E-state index contributed by atoms with van der Waals surface area (Å²) in [6.45, 7) is 11.8. The van der Waals surface area contributed by atoms with Crippen LogP contribution < -0.4 is 5.32 Å². The highest BCUT2D eigenvalue weighted by molar-refractivity contribution is 5.55. The van der Waals surface area contributed by atoms with Crippen molar-refractivity contribution in [2.45, 2.75) is 46.3 Å². The standard InChI is InChI=1S/C16H25N5O/c1-11-9-21(10-12(2)22-11)7-5-6-18-16-15(8-17)13(3)14(4)19-20-16/h11-12H,5-7,9-10H2,1-4H3,(H,18,20)/t11-,12-/m1/s1. The molecular formula is C16H25N5O. The van der Waals surface area contributed by atoms with Gasteiger partial charge >= 0.3 is 0 Å². The predicted molar refractivity (Wildman–Crippen MR) is 85.8 cm³/mol. The lowest BCUT2D eigenvalue weighted by Crippen LogP contribution is -2.45. The second kappa shape index (κ2) is 7.52. The number of hydrogen-bond acceptors (Lipinski definition) is 6. The summed E-state index contributed by atoms with van der Waals surface area (Å²) in [6, 6.07) is 2.21. The minimum Gasteiger partial charge on any atom is -0.373 e. The maximum atomic E-state index is 9.26. The number of morpholine rings is 1. The van der Waals surface area contributed by atoms with Crippen molar-refractivity contribution in [2.24, 2.45) is 0 Å². The summed E-state index contributed by atoms with van der Waals surface area (Å²) < 4.78 is 5.74. The van der Waals surface area contributed by atoms with Crippen LogP contribution in [0.5, 0.6) is 0 Å². The summed E-state index contributed by atoms with van der Waals surface area (Å²) in [5.41, 5.74) is 2.30. The third-order valence-corrected chi connectivity index (χ3v) is 4.01. The Morgan fingerprint density at radius 3 is 2.59 bits per heavy atom. The fourth-order valence-corrected chi connectivity index (χ4v) is 2.85. The molecule has 0 aromatic carbocycles. The zero-order valence-corrected chi connectivity index (χ0v) is 13.9. The minimum absolute atomic E-state index is 0.299. The van der Waals surface area contributed by atoms with Crippen molar-refractivity contribution in [1.82, 2.24) is 15.1 Å². The molecule has 0 radical (unpaired) electrons. The highest BCUT2D eigenvalue weighted by Gasteiger charge is 2.21. The molecule has 2 atom stereocenters. The Kier molecular flexibility index (Phi) is 5.69. The fraction of sp³-hybridized carbons (Fsp3) is 0.688. The second-order valence-electron chi connectivity index (χ2n) is 6.04. The van der Waals surface area contributed by atoms with E-state index in [0.29, 0.717) is 23.6 Å². The van der Waals surface area contributed by atoms with Crippen molar-refractivity contribution < 1.29 is 4.74 Å². The summed E-state index contributed by atoms with van der Waals surface area (Å²) in [6.07, 6.45) is 1.60. The molecular weight excluding hydrogens is 278 g/mol.